The Morgan fingerprint density at radius 1 is 0.460 bits per heavy atom. The molecule has 0 saturated carbocycles. The van der Waals surface area contributed by atoms with Gasteiger partial charge in [0, 0.05) is 12.8 Å². The van der Waals surface area contributed by atoms with E-state index < -0.39 is 5.97 Å². The van der Waals surface area contributed by atoms with Gasteiger partial charge in [0.15, 0.2) is 0 Å². The van der Waals surface area contributed by atoms with E-state index in [2.05, 4.69) is 74.6 Å². The van der Waals surface area contributed by atoms with E-state index >= 15 is 0 Å². The molecule has 1 unspecified atom stereocenters. The van der Waals surface area contributed by atoms with Crippen LogP contribution < -0.4 is 0 Å². The molecule has 0 bridgehead atoms. The van der Waals surface area contributed by atoms with Gasteiger partial charge in [-0.2, -0.15) is 0 Å². The Labute approximate surface area is 310 Å². The molecule has 0 saturated heterocycles. The number of carbonyl (C=O) groups is 2. The maximum absolute atomic E-state index is 12.7. The Kier molecular flexibility index (Phi) is 39.1. The standard InChI is InChI=1S/C46H80O4/c1-3-5-7-9-11-13-15-17-18-19-20-21-22-23-24-25-27-29-31-33-39-43-46(49)50-44(41-37-34-35-38-42-45(47)48)40-36-32-30-28-26-16-14-12-10-8-6-4-2/h5,7,11,13,17-18,20-21,23-24,44H,3-4,6,8-10,12,14-16,19,22,25-43H2,1-2H3,(H,47,48)/b7-5-,13-11-,18-17-,21-20-,24-23-. The van der Waals surface area contributed by atoms with Crippen molar-refractivity contribution in [2.24, 2.45) is 0 Å². The summed E-state index contributed by atoms with van der Waals surface area (Å²) in [6.07, 6.45) is 56.7. The van der Waals surface area contributed by atoms with Crippen molar-refractivity contribution in [3.8, 4) is 0 Å². The number of rotatable bonds is 38. The molecule has 0 amide bonds. The van der Waals surface area contributed by atoms with Crippen LogP contribution >= 0.6 is 0 Å². The highest BCUT2D eigenvalue weighted by atomic mass is 16.5. The van der Waals surface area contributed by atoms with E-state index in [1.807, 2.05) is 0 Å². The lowest BCUT2D eigenvalue weighted by Crippen LogP contribution is -2.18. The lowest BCUT2D eigenvalue weighted by Gasteiger charge is -2.18. The molecule has 1 atom stereocenters. The van der Waals surface area contributed by atoms with Crippen molar-refractivity contribution in [1.82, 2.24) is 0 Å². The monoisotopic (exact) mass is 697 g/mol. The smallest absolute Gasteiger partial charge is 0.306 e. The molecule has 4 heteroatoms. The van der Waals surface area contributed by atoms with Crippen molar-refractivity contribution < 1.29 is 19.4 Å². The fraction of sp³-hybridized carbons (Fsp3) is 0.739. The molecule has 288 valence electrons. The predicted molar refractivity (Wildman–Crippen MR) is 218 cm³/mol. The topological polar surface area (TPSA) is 63.6 Å². The van der Waals surface area contributed by atoms with Gasteiger partial charge in [-0.1, -0.05) is 177 Å². The van der Waals surface area contributed by atoms with Gasteiger partial charge in [0.1, 0.15) is 6.10 Å². The van der Waals surface area contributed by atoms with Gasteiger partial charge in [-0.05, 0) is 83.5 Å². The van der Waals surface area contributed by atoms with Gasteiger partial charge in [0.2, 0.25) is 0 Å². The third kappa shape index (κ3) is 40.1. The average Bonchev–Trinajstić information content (AvgIpc) is 3.10. The van der Waals surface area contributed by atoms with E-state index in [9.17, 15) is 9.59 Å². The number of carboxylic acid groups (broad SMARTS) is 1. The Bertz CT molecular complexity index is 881. The zero-order valence-electron chi connectivity index (χ0n) is 32.9. The molecule has 50 heavy (non-hydrogen) atoms. The van der Waals surface area contributed by atoms with E-state index in [0.29, 0.717) is 6.42 Å². The molecule has 0 aromatic carbocycles. The number of esters is 1. The van der Waals surface area contributed by atoms with Gasteiger partial charge in [-0.15, -0.1) is 0 Å². The van der Waals surface area contributed by atoms with Gasteiger partial charge in [0.25, 0.3) is 0 Å². The van der Waals surface area contributed by atoms with E-state index in [4.69, 9.17) is 9.84 Å². The second-order valence-corrected chi connectivity index (χ2v) is 14.2. The Balaban J connectivity index is 4.00. The fourth-order valence-electron chi connectivity index (χ4n) is 6.15. The molecule has 0 rings (SSSR count). The van der Waals surface area contributed by atoms with Crippen molar-refractivity contribution in [2.45, 2.75) is 219 Å². The molecule has 0 aliphatic rings. The molecule has 0 aliphatic heterocycles. The summed E-state index contributed by atoms with van der Waals surface area (Å²) in [6.45, 7) is 4.44. The van der Waals surface area contributed by atoms with Gasteiger partial charge in [-0.3, -0.25) is 9.59 Å². The first-order valence-electron chi connectivity index (χ1n) is 21.3. The lowest BCUT2D eigenvalue weighted by molar-refractivity contribution is -0.150. The normalized spacial score (nSPS) is 12.8. The van der Waals surface area contributed by atoms with Crippen LogP contribution in [0, 0.1) is 0 Å². The minimum absolute atomic E-state index is 0.0218. The summed E-state index contributed by atoms with van der Waals surface area (Å²) in [5.74, 6) is -0.743. The zero-order chi connectivity index (χ0) is 36.4. The molecule has 0 aromatic heterocycles. The van der Waals surface area contributed by atoms with Crippen LogP contribution in [0.3, 0.4) is 0 Å². The van der Waals surface area contributed by atoms with E-state index in [0.717, 1.165) is 96.3 Å². The van der Waals surface area contributed by atoms with E-state index in [1.54, 1.807) is 0 Å². The summed E-state index contributed by atoms with van der Waals surface area (Å²) in [6, 6.07) is 0. The number of ether oxygens (including phenoxy) is 1. The zero-order valence-corrected chi connectivity index (χ0v) is 32.9. The minimum Gasteiger partial charge on any atom is -0.481 e. The molecule has 4 nitrogen and oxygen atoms in total. The summed E-state index contributed by atoms with van der Waals surface area (Å²) in [5, 5.41) is 8.86. The molecule has 1 N–H and O–H groups in total. The molecular formula is C46H80O4. The second-order valence-electron chi connectivity index (χ2n) is 14.2. The number of allylic oxidation sites excluding steroid dienone is 10. The number of hydrogen-bond acceptors (Lipinski definition) is 3. The van der Waals surface area contributed by atoms with Crippen molar-refractivity contribution >= 4 is 11.9 Å². The fourth-order valence-corrected chi connectivity index (χ4v) is 6.15. The van der Waals surface area contributed by atoms with Gasteiger partial charge in [-0.25, -0.2) is 0 Å². The number of carboxylic acids is 1. The van der Waals surface area contributed by atoms with Crippen LogP contribution in [0.1, 0.15) is 213 Å². The SMILES string of the molecule is CC/C=C\C/C=C\C/C=C\C/C=C\C/C=C\CCCCCCCC(=O)OC(CCCCCCCCCCCCCC)CCCCCCC(=O)O. The summed E-state index contributed by atoms with van der Waals surface area (Å²) in [4.78, 5) is 23.4. The highest BCUT2D eigenvalue weighted by Gasteiger charge is 2.14. The quantitative estimate of drug-likeness (QED) is 0.0396. The first kappa shape index (κ1) is 47.6. The molecule has 0 spiro atoms. The summed E-state index contributed by atoms with van der Waals surface area (Å²) >= 11 is 0. The maximum atomic E-state index is 12.7. The Morgan fingerprint density at radius 3 is 1.30 bits per heavy atom. The number of aliphatic carboxylic acids is 1. The van der Waals surface area contributed by atoms with Crippen LogP contribution in [0.25, 0.3) is 0 Å². The van der Waals surface area contributed by atoms with Crippen molar-refractivity contribution in [2.75, 3.05) is 0 Å². The largest absolute Gasteiger partial charge is 0.481 e. The summed E-state index contributed by atoms with van der Waals surface area (Å²) < 4.78 is 5.98. The molecule has 0 aromatic rings. The highest BCUT2D eigenvalue weighted by Crippen LogP contribution is 2.19. The summed E-state index contributed by atoms with van der Waals surface area (Å²) in [7, 11) is 0. The van der Waals surface area contributed by atoms with Crippen molar-refractivity contribution in [3.05, 3.63) is 60.8 Å². The minimum atomic E-state index is -0.714. The number of hydrogen-bond donors (Lipinski definition) is 1. The van der Waals surface area contributed by atoms with E-state index in [1.165, 1.54) is 89.9 Å². The third-order valence-corrected chi connectivity index (χ3v) is 9.25. The first-order valence-corrected chi connectivity index (χ1v) is 21.3. The van der Waals surface area contributed by atoms with Crippen LogP contribution in [0.5, 0.6) is 0 Å². The molecular weight excluding hydrogens is 617 g/mol. The third-order valence-electron chi connectivity index (χ3n) is 9.25. The van der Waals surface area contributed by atoms with Crippen LogP contribution in [-0.2, 0) is 14.3 Å². The van der Waals surface area contributed by atoms with Gasteiger partial charge < -0.3 is 9.84 Å². The van der Waals surface area contributed by atoms with Crippen LogP contribution in [-0.4, -0.2) is 23.1 Å². The van der Waals surface area contributed by atoms with Crippen molar-refractivity contribution in [3.63, 3.8) is 0 Å². The summed E-state index contributed by atoms with van der Waals surface area (Å²) in [5.41, 5.74) is 0. The molecule has 0 fully saturated rings. The molecule has 0 radical (unpaired) electrons. The highest BCUT2D eigenvalue weighted by molar-refractivity contribution is 5.69. The van der Waals surface area contributed by atoms with Crippen LogP contribution in [0.15, 0.2) is 60.8 Å². The lowest BCUT2D eigenvalue weighted by atomic mass is 10.0. The van der Waals surface area contributed by atoms with E-state index in [-0.39, 0.29) is 18.5 Å². The second kappa shape index (κ2) is 41.1. The number of unbranched alkanes of at least 4 members (excludes halogenated alkanes) is 19. The first-order chi connectivity index (χ1) is 24.6. The molecule has 0 heterocycles. The molecule has 0 aliphatic carbocycles. The van der Waals surface area contributed by atoms with Crippen LogP contribution in [0.4, 0.5) is 0 Å². The number of carbonyl (C=O) groups excluding carboxylic acids is 1. The predicted octanol–water partition coefficient (Wildman–Crippen LogP) is 14.9. The van der Waals surface area contributed by atoms with Gasteiger partial charge in [0.05, 0.1) is 0 Å². The average molecular weight is 697 g/mol. The Hall–Kier alpha value is -2.36. The van der Waals surface area contributed by atoms with Crippen molar-refractivity contribution in [1.29, 1.82) is 0 Å². The van der Waals surface area contributed by atoms with Crippen LogP contribution in [0.2, 0.25) is 0 Å². The maximum Gasteiger partial charge on any atom is 0.306 e. The van der Waals surface area contributed by atoms with Gasteiger partial charge >= 0.3 is 11.9 Å². The Morgan fingerprint density at radius 2 is 0.840 bits per heavy atom.